The lowest BCUT2D eigenvalue weighted by Gasteiger charge is -2.27. The summed E-state index contributed by atoms with van der Waals surface area (Å²) in [6.45, 7) is 0.251. The zero-order valence-corrected chi connectivity index (χ0v) is 20.6. The van der Waals surface area contributed by atoms with E-state index in [2.05, 4.69) is 5.10 Å². The maximum absolute atomic E-state index is 13.3. The molecular formula is C21H13F7I2N2O. The third-order valence-corrected chi connectivity index (χ3v) is 6.04. The average Bonchev–Trinajstić information content (AvgIpc) is 2.72. The van der Waals surface area contributed by atoms with Crippen LogP contribution in [-0.2, 0) is 6.61 Å². The van der Waals surface area contributed by atoms with E-state index >= 15 is 0 Å². The second kappa shape index (κ2) is 9.80. The van der Waals surface area contributed by atoms with Crippen LogP contribution in [0.2, 0.25) is 0 Å². The van der Waals surface area contributed by atoms with Gasteiger partial charge in [0.15, 0.2) is 0 Å². The summed E-state index contributed by atoms with van der Waals surface area (Å²) in [4.78, 5) is 0. The fraction of sp³-hybridized carbons (Fsp3) is 0.190. The van der Waals surface area contributed by atoms with Crippen LogP contribution in [0.15, 0.2) is 59.7 Å². The molecule has 0 aliphatic rings. The van der Waals surface area contributed by atoms with Crippen LogP contribution in [0.5, 0.6) is 5.75 Å². The Bertz CT molecular complexity index is 1150. The Morgan fingerprint density at radius 1 is 0.879 bits per heavy atom. The smallest absolute Gasteiger partial charge is 0.462 e. The first-order valence-electron chi connectivity index (χ1n) is 9.04. The molecule has 0 fully saturated rings. The monoisotopic (exact) mass is 696 g/mol. The molecule has 1 N–H and O–H groups in total. The van der Waals surface area contributed by atoms with Crippen LogP contribution >= 0.6 is 45.2 Å². The van der Waals surface area contributed by atoms with Crippen LogP contribution < -0.4 is 10.2 Å². The molecule has 3 aromatic carbocycles. The number of hydrogen-bond acceptors (Lipinski definition) is 3. The zero-order valence-electron chi connectivity index (χ0n) is 16.2. The Labute approximate surface area is 210 Å². The van der Waals surface area contributed by atoms with Gasteiger partial charge in [0.05, 0.1) is 13.4 Å². The maximum Gasteiger partial charge on any atom is 0.462 e. The molecule has 0 bridgehead atoms. The van der Waals surface area contributed by atoms with E-state index < -0.39 is 18.1 Å². The number of nitrogens with one attached hydrogen (secondary N) is 1. The van der Waals surface area contributed by atoms with Crippen molar-refractivity contribution in [2.24, 2.45) is 5.10 Å². The minimum atomic E-state index is -6.44. The number of nitrogens with zero attached hydrogens (tertiary/aromatic N) is 1. The summed E-state index contributed by atoms with van der Waals surface area (Å²) in [6, 6.07) is 10.9. The van der Waals surface area contributed by atoms with E-state index in [0.29, 0.717) is 18.3 Å². The topological polar surface area (TPSA) is 33.6 Å². The van der Waals surface area contributed by atoms with Gasteiger partial charge in [0, 0.05) is 0 Å². The molecule has 3 aromatic rings. The zero-order chi connectivity index (χ0) is 24.4. The van der Waals surface area contributed by atoms with E-state index in [1.807, 2.05) is 87.6 Å². The summed E-state index contributed by atoms with van der Waals surface area (Å²) in [5.41, 5.74) is 1.74. The molecule has 33 heavy (non-hydrogen) atoms. The third-order valence-electron chi connectivity index (χ3n) is 4.44. The van der Waals surface area contributed by atoms with Gasteiger partial charge in [0.1, 0.15) is 12.4 Å². The van der Waals surface area contributed by atoms with Crippen molar-refractivity contribution in [3.05, 3.63) is 72.9 Å². The lowest BCUT2D eigenvalue weighted by molar-refractivity contribution is -0.361. The fourth-order valence-corrected chi connectivity index (χ4v) is 4.92. The molecule has 0 spiro atoms. The fourth-order valence-electron chi connectivity index (χ4n) is 2.80. The van der Waals surface area contributed by atoms with E-state index in [1.54, 1.807) is 0 Å². The number of fused-ring (bicyclic) bond motifs is 1. The second-order valence-electron chi connectivity index (χ2n) is 6.76. The highest BCUT2D eigenvalue weighted by Gasteiger charge is 2.73. The molecule has 0 saturated heterocycles. The van der Waals surface area contributed by atoms with E-state index in [9.17, 15) is 30.7 Å². The number of rotatable bonds is 7. The lowest BCUT2D eigenvalue weighted by atomic mass is 10.1. The van der Waals surface area contributed by atoms with Crippen molar-refractivity contribution in [3.63, 3.8) is 0 Å². The van der Waals surface area contributed by atoms with Crippen LogP contribution in [0.4, 0.5) is 30.7 Å². The predicted octanol–water partition coefficient (Wildman–Crippen LogP) is 7.34. The van der Waals surface area contributed by atoms with Crippen molar-refractivity contribution >= 4 is 62.2 Å². The van der Waals surface area contributed by atoms with Crippen molar-refractivity contribution in [2.45, 2.75) is 24.8 Å². The van der Waals surface area contributed by atoms with Gasteiger partial charge in [-0.15, -0.1) is 0 Å². The molecule has 0 heterocycles. The van der Waals surface area contributed by atoms with Crippen LogP contribution in [0.25, 0.3) is 10.8 Å². The Morgan fingerprint density at radius 2 is 1.48 bits per heavy atom. The number of ether oxygens (including phenoxy) is 1. The first-order chi connectivity index (χ1) is 15.3. The molecule has 3 nitrogen and oxygen atoms in total. The molecular weight excluding hydrogens is 683 g/mol. The molecule has 0 saturated carbocycles. The quantitative estimate of drug-likeness (QED) is 0.0923. The second-order valence-corrected chi connectivity index (χ2v) is 9.08. The summed E-state index contributed by atoms with van der Waals surface area (Å²) in [5, 5.41) is 4.96. The van der Waals surface area contributed by atoms with Crippen molar-refractivity contribution < 1.29 is 35.5 Å². The van der Waals surface area contributed by atoms with Crippen LogP contribution in [-0.4, -0.2) is 24.4 Å². The van der Waals surface area contributed by atoms with Gasteiger partial charge < -0.3 is 4.74 Å². The van der Waals surface area contributed by atoms with Crippen LogP contribution in [0.3, 0.4) is 0 Å². The highest BCUT2D eigenvalue weighted by molar-refractivity contribution is 14.1. The molecule has 176 valence electrons. The molecule has 0 radical (unpaired) electrons. The molecule has 0 aliphatic carbocycles. The summed E-state index contributed by atoms with van der Waals surface area (Å²) in [6.07, 6.45) is -5.72. The van der Waals surface area contributed by atoms with Crippen molar-refractivity contribution in [2.75, 3.05) is 0 Å². The van der Waals surface area contributed by atoms with Gasteiger partial charge in [-0.05, 0) is 79.2 Å². The Hall–Kier alpha value is -1.84. The summed E-state index contributed by atoms with van der Waals surface area (Å²) in [7, 11) is 0. The van der Waals surface area contributed by atoms with Gasteiger partial charge in [0.2, 0.25) is 0 Å². The summed E-state index contributed by atoms with van der Waals surface area (Å²) < 4.78 is 96.0. The van der Waals surface area contributed by atoms with Gasteiger partial charge in [-0.1, -0.05) is 42.5 Å². The van der Waals surface area contributed by atoms with Crippen LogP contribution in [0, 0.1) is 7.14 Å². The van der Waals surface area contributed by atoms with Crippen molar-refractivity contribution in [3.8, 4) is 5.75 Å². The number of hydrazone groups is 1. The Morgan fingerprint density at radius 3 is 2.12 bits per heavy atom. The van der Waals surface area contributed by atoms with E-state index in [1.165, 1.54) is 12.1 Å². The van der Waals surface area contributed by atoms with E-state index in [-0.39, 0.29) is 12.2 Å². The van der Waals surface area contributed by atoms with Gasteiger partial charge in [0.25, 0.3) is 0 Å². The Kier molecular flexibility index (Phi) is 7.65. The van der Waals surface area contributed by atoms with E-state index in [4.69, 9.17) is 4.74 Å². The minimum Gasteiger partial charge on any atom is -0.487 e. The first-order valence-corrected chi connectivity index (χ1v) is 11.2. The van der Waals surface area contributed by atoms with Crippen molar-refractivity contribution in [1.82, 2.24) is 5.43 Å². The SMILES string of the molecule is FC(F)(F)C(F)(F)C(F)(F)N/N=C/c1cc(I)c(OCc2cccc3ccccc23)c(I)c1. The highest BCUT2D eigenvalue weighted by atomic mass is 127. The van der Waals surface area contributed by atoms with Gasteiger partial charge in [-0.25, -0.2) is 5.43 Å². The number of benzene rings is 3. The number of halogens is 9. The average molecular weight is 696 g/mol. The minimum absolute atomic E-state index is 0.194. The molecule has 0 atom stereocenters. The maximum atomic E-state index is 13.3. The highest BCUT2D eigenvalue weighted by Crippen LogP contribution is 2.45. The van der Waals surface area contributed by atoms with Crippen LogP contribution in [0.1, 0.15) is 11.1 Å². The van der Waals surface area contributed by atoms with E-state index in [0.717, 1.165) is 22.6 Å². The summed E-state index contributed by atoms with van der Waals surface area (Å²) in [5.74, 6) is -5.79. The standard InChI is InChI=1S/C21H13F7I2N2O/c22-19(23,20(24,25)26)21(27,28)32-31-10-12-8-16(29)18(17(30)9-12)33-11-14-6-3-5-13-4-1-2-7-15(13)14/h1-10,32H,11H2/b31-10+. The molecule has 0 aliphatic heterocycles. The largest absolute Gasteiger partial charge is 0.487 e. The molecule has 0 unspecified atom stereocenters. The predicted molar refractivity (Wildman–Crippen MR) is 127 cm³/mol. The van der Waals surface area contributed by atoms with Crippen molar-refractivity contribution in [1.29, 1.82) is 0 Å². The molecule has 0 amide bonds. The normalized spacial score (nSPS) is 13.0. The number of hydrogen-bond donors (Lipinski definition) is 1. The molecule has 0 aromatic heterocycles. The van der Waals surface area contributed by atoms with Gasteiger partial charge in [-0.2, -0.15) is 35.8 Å². The number of alkyl halides is 7. The molecule has 12 heteroatoms. The molecule has 3 rings (SSSR count). The summed E-state index contributed by atoms with van der Waals surface area (Å²) >= 11 is 3.87. The lowest BCUT2D eigenvalue weighted by Crippen LogP contribution is -2.58. The van der Waals surface area contributed by atoms with Gasteiger partial charge >= 0.3 is 18.1 Å². The van der Waals surface area contributed by atoms with Gasteiger partial charge in [-0.3, -0.25) is 0 Å². The first kappa shape index (κ1) is 25.8. The Balaban J connectivity index is 1.74. The third kappa shape index (κ3) is 5.63.